The first kappa shape index (κ1) is 9.74. The topological polar surface area (TPSA) is 52.3 Å². The Bertz CT molecular complexity index is 256. The second kappa shape index (κ2) is 5.32. The molecule has 0 atom stereocenters. The molecular weight excluding hydrogens is 166 g/mol. The van der Waals surface area contributed by atoms with Gasteiger partial charge in [-0.05, 0) is 17.7 Å². The van der Waals surface area contributed by atoms with Gasteiger partial charge in [0, 0.05) is 13.0 Å². The van der Waals surface area contributed by atoms with E-state index in [1.54, 1.807) is 0 Å². The first-order chi connectivity index (χ1) is 6.36. The van der Waals surface area contributed by atoms with E-state index in [4.69, 9.17) is 10.5 Å². The quantitative estimate of drug-likeness (QED) is 0.721. The summed E-state index contributed by atoms with van der Waals surface area (Å²) in [6, 6.07) is 7.33. The summed E-state index contributed by atoms with van der Waals surface area (Å²) in [6.45, 7) is 1.02. The first-order valence-corrected chi connectivity index (χ1v) is 4.13. The number of hydrogen-bond acceptors (Lipinski definition) is 3. The van der Waals surface area contributed by atoms with Crippen LogP contribution in [-0.4, -0.2) is 19.4 Å². The van der Waals surface area contributed by atoms with Crippen LogP contribution in [0.2, 0.25) is 0 Å². The van der Waals surface area contributed by atoms with Gasteiger partial charge < -0.3 is 10.5 Å². The van der Waals surface area contributed by atoms with E-state index < -0.39 is 0 Å². The van der Waals surface area contributed by atoms with Crippen molar-refractivity contribution in [2.45, 2.75) is 6.42 Å². The van der Waals surface area contributed by atoms with Gasteiger partial charge in [-0.1, -0.05) is 12.1 Å². The molecule has 0 heterocycles. The molecule has 3 nitrogen and oxygen atoms in total. The lowest BCUT2D eigenvalue weighted by molar-refractivity contribution is 0.328. The molecule has 0 spiro atoms. The summed E-state index contributed by atoms with van der Waals surface area (Å²) >= 11 is 0. The molecule has 0 aromatic heterocycles. The van der Waals surface area contributed by atoms with Crippen molar-refractivity contribution in [3.05, 3.63) is 29.8 Å². The van der Waals surface area contributed by atoms with Gasteiger partial charge in [0.25, 0.3) is 0 Å². The highest BCUT2D eigenvalue weighted by Crippen LogP contribution is 2.11. The van der Waals surface area contributed by atoms with Crippen molar-refractivity contribution in [3.8, 4) is 5.75 Å². The van der Waals surface area contributed by atoms with Gasteiger partial charge in [-0.3, -0.25) is 4.79 Å². The van der Waals surface area contributed by atoms with Crippen LogP contribution in [0.3, 0.4) is 0 Å². The predicted octanol–water partition coefficient (Wildman–Crippen LogP) is 0.676. The van der Waals surface area contributed by atoms with Gasteiger partial charge in [0.2, 0.25) is 6.29 Å². The molecule has 0 saturated heterocycles. The smallest absolute Gasteiger partial charge is 0.203 e. The number of benzene rings is 1. The molecule has 13 heavy (non-hydrogen) atoms. The van der Waals surface area contributed by atoms with E-state index in [2.05, 4.69) is 0 Å². The Kier molecular flexibility index (Phi) is 3.99. The molecule has 3 heteroatoms. The molecule has 69 valence electrons. The van der Waals surface area contributed by atoms with Crippen LogP contribution in [0.15, 0.2) is 24.3 Å². The minimum absolute atomic E-state index is 0.331. The lowest BCUT2D eigenvalue weighted by Crippen LogP contribution is -2.10. The number of nitrogens with two attached hydrogens (primary N) is 1. The maximum Gasteiger partial charge on any atom is 0.203 e. The second-order valence-electron chi connectivity index (χ2n) is 2.60. The molecule has 1 rings (SSSR count). The summed E-state index contributed by atoms with van der Waals surface area (Å²) in [6.07, 6.45) is 2.17. The highest BCUT2D eigenvalue weighted by Gasteiger charge is 1.94. The van der Waals surface area contributed by atoms with Gasteiger partial charge in [-0.2, -0.15) is 0 Å². The molecule has 0 amide bonds. The van der Waals surface area contributed by atoms with Crippen LogP contribution in [0.4, 0.5) is 0 Å². The minimum Gasteiger partial charge on any atom is -0.492 e. The highest BCUT2D eigenvalue weighted by molar-refractivity contribution is 5.55. The Labute approximate surface area is 77.5 Å². The third-order valence-corrected chi connectivity index (χ3v) is 1.59. The predicted molar refractivity (Wildman–Crippen MR) is 50.4 cm³/mol. The molecule has 0 fully saturated rings. The van der Waals surface area contributed by atoms with Gasteiger partial charge in [-0.25, -0.2) is 0 Å². The Morgan fingerprint density at radius 2 is 2.00 bits per heavy atom. The van der Waals surface area contributed by atoms with Gasteiger partial charge in [0.15, 0.2) is 0 Å². The zero-order valence-electron chi connectivity index (χ0n) is 7.32. The fourth-order valence-corrected chi connectivity index (χ4v) is 0.964. The summed E-state index contributed by atoms with van der Waals surface area (Å²) in [5.74, 6) is 0.778. The van der Waals surface area contributed by atoms with E-state index in [0.717, 1.165) is 11.3 Å². The van der Waals surface area contributed by atoms with Crippen molar-refractivity contribution in [2.75, 3.05) is 13.2 Å². The lowest BCUT2D eigenvalue weighted by Gasteiger charge is -2.03. The highest BCUT2D eigenvalue weighted by atomic mass is 16.5. The van der Waals surface area contributed by atoms with E-state index in [0.29, 0.717) is 19.6 Å². The van der Waals surface area contributed by atoms with Crippen LogP contribution in [0.25, 0.3) is 0 Å². The van der Waals surface area contributed by atoms with Crippen LogP contribution >= 0.6 is 0 Å². The molecule has 2 N–H and O–H groups in total. The number of rotatable bonds is 5. The SMILES string of the molecule is NCCOc1ccc(C[C]=O)cc1. The van der Waals surface area contributed by atoms with Crippen LogP contribution < -0.4 is 10.5 Å². The van der Waals surface area contributed by atoms with Crippen molar-refractivity contribution < 1.29 is 9.53 Å². The molecule has 0 bridgehead atoms. The van der Waals surface area contributed by atoms with E-state index >= 15 is 0 Å². The Morgan fingerprint density at radius 3 is 2.54 bits per heavy atom. The Hall–Kier alpha value is -1.35. The van der Waals surface area contributed by atoms with Crippen molar-refractivity contribution in [1.29, 1.82) is 0 Å². The standard InChI is InChI=1S/C10H12NO2/c11-6-8-13-10-3-1-9(2-4-10)5-7-12/h1-4H,5-6,8,11H2. The third kappa shape index (κ3) is 3.25. The summed E-state index contributed by atoms with van der Waals surface area (Å²) in [5, 5.41) is 0. The summed E-state index contributed by atoms with van der Waals surface area (Å²) in [7, 11) is 0. The molecule has 0 aliphatic carbocycles. The van der Waals surface area contributed by atoms with E-state index in [1.165, 1.54) is 0 Å². The normalized spacial score (nSPS) is 9.62. The fraction of sp³-hybridized carbons (Fsp3) is 0.300. The molecule has 0 aliphatic rings. The number of carbonyl (C=O) groups excluding carboxylic acids is 1. The van der Waals surface area contributed by atoms with Crippen LogP contribution in [0.1, 0.15) is 5.56 Å². The molecule has 0 aliphatic heterocycles. The van der Waals surface area contributed by atoms with Crippen molar-refractivity contribution in [2.24, 2.45) is 5.73 Å². The molecule has 0 saturated carbocycles. The van der Waals surface area contributed by atoms with Crippen LogP contribution in [0, 0.1) is 0 Å². The molecule has 1 aromatic carbocycles. The Balaban J connectivity index is 2.53. The van der Waals surface area contributed by atoms with E-state index in [-0.39, 0.29) is 0 Å². The van der Waals surface area contributed by atoms with Crippen LogP contribution in [-0.2, 0) is 11.2 Å². The summed E-state index contributed by atoms with van der Waals surface area (Å²) < 4.78 is 5.26. The average molecular weight is 178 g/mol. The number of ether oxygens (including phenoxy) is 1. The molecule has 1 aromatic rings. The van der Waals surface area contributed by atoms with Gasteiger partial charge >= 0.3 is 0 Å². The monoisotopic (exact) mass is 178 g/mol. The number of hydrogen-bond donors (Lipinski definition) is 1. The molecule has 0 unspecified atom stereocenters. The maximum absolute atomic E-state index is 10.1. The summed E-state index contributed by atoms with van der Waals surface area (Å²) in [5.41, 5.74) is 6.22. The van der Waals surface area contributed by atoms with Crippen LogP contribution in [0.5, 0.6) is 5.75 Å². The molecular formula is C10H12NO2. The minimum atomic E-state index is 0.331. The van der Waals surface area contributed by atoms with Crippen molar-refractivity contribution in [3.63, 3.8) is 0 Å². The molecule has 1 radical (unpaired) electrons. The van der Waals surface area contributed by atoms with Gasteiger partial charge in [0.1, 0.15) is 12.4 Å². The second-order valence-corrected chi connectivity index (χ2v) is 2.60. The zero-order chi connectivity index (χ0) is 9.52. The van der Waals surface area contributed by atoms with Gasteiger partial charge in [0.05, 0.1) is 0 Å². The Morgan fingerprint density at radius 1 is 1.31 bits per heavy atom. The van der Waals surface area contributed by atoms with Crippen molar-refractivity contribution in [1.82, 2.24) is 0 Å². The van der Waals surface area contributed by atoms with E-state index in [1.807, 2.05) is 30.6 Å². The first-order valence-electron chi connectivity index (χ1n) is 4.13. The van der Waals surface area contributed by atoms with E-state index in [9.17, 15) is 4.79 Å². The largest absolute Gasteiger partial charge is 0.492 e. The summed E-state index contributed by atoms with van der Waals surface area (Å²) in [4.78, 5) is 10.1. The zero-order valence-corrected chi connectivity index (χ0v) is 7.32. The average Bonchev–Trinajstić information content (AvgIpc) is 2.17. The lowest BCUT2D eigenvalue weighted by atomic mass is 10.2. The van der Waals surface area contributed by atoms with Crippen molar-refractivity contribution >= 4 is 6.29 Å². The van der Waals surface area contributed by atoms with Gasteiger partial charge in [-0.15, -0.1) is 0 Å². The maximum atomic E-state index is 10.1. The third-order valence-electron chi connectivity index (χ3n) is 1.59. The fourth-order valence-electron chi connectivity index (χ4n) is 0.964.